The lowest BCUT2D eigenvalue weighted by molar-refractivity contribution is -0.137. The van der Waals surface area contributed by atoms with Gasteiger partial charge in [0.15, 0.2) is 0 Å². The second kappa shape index (κ2) is 5.25. The molecule has 1 aromatic carbocycles. The van der Waals surface area contributed by atoms with Gasteiger partial charge >= 0.3 is 5.97 Å². The Balaban J connectivity index is 2.29. The van der Waals surface area contributed by atoms with Crippen LogP contribution >= 0.6 is 0 Å². The van der Waals surface area contributed by atoms with Gasteiger partial charge in [-0.1, -0.05) is 19.1 Å². The highest BCUT2D eigenvalue weighted by Crippen LogP contribution is 2.22. The molecule has 96 valence electrons. The van der Waals surface area contributed by atoms with Gasteiger partial charge in [-0.2, -0.15) is 0 Å². The number of hydrogen-bond acceptors (Lipinski definition) is 1. The number of hydrogen-bond donors (Lipinski definition) is 1. The number of carboxylic acid groups (broad SMARTS) is 1. The first-order valence-electron chi connectivity index (χ1n) is 6.42. The number of nitrogens with zero attached hydrogens (tertiary/aromatic N) is 1. The number of aryl methyl sites for hydroxylation is 3. The maximum absolute atomic E-state index is 10.6. The lowest BCUT2D eigenvalue weighted by Gasteiger charge is -2.08. The number of carbonyl (C=O) groups is 1. The lowest BCUT2D eigenvalue weighted by atomic mass is 10.1. The Kier molecular flexibility index (Phi) is 3.70. The molecule has 0 atom stereocenters. The van der Waals surface area contributed by atoms with E-state index in [1.54, 1.807) is 0 Å². The zero-order valence-corrected chi connectivity index (χ0v) is 10.9. The van der Waals surface area contributed by atoms with Crippen molar-refractivity contribution in [1.82, 2.24) is 4.57 Å². The fraction of sp³-hybridized carbons (Fsp3) is 0.400. The molecule has 0 spiro atoms. The standard InChI is InChI=1S/C15H19NO2/c1-3-12-6-7-13-9-11(2)16(14(13)10-12)8-4-5-15(17)18/h6-7,9-10H,3-5,8H2,1-2H3,(H,17,18). The number of fused-ring (bicyclic) bond motifs is 1. The van der Waals surface area contributed by atoms with Gasteiger partial charge in [0, 0.05) is 24.2 Å². The highest BCUT2D eigenvalue weighted by atomic mass is 16.4. The van der Waals surface area contributed by atoms with Gasteiger partial charge in [-0.25, -0.2) is 0 Å². The van der Waals surface area contributed by atoms with E-state index in [2.05, 4.69) is 42.7 Å². The molecule has 2 rings (SSSR count). The Morgan fingerprint density at radius 2 is 2.11 bits per heavy atom. The average molecular weight is 245 g/mol. The molecule has 3 heteroatoms. The summed E-state index contributed by atoms with van der Waals surface area (Å²) in [6.07, 6.45) is 1.93. The van der Waals surface area contributed by atoms with Crippen LogP contribution in [-0.2, 0) is 17.8 Å². The van der Waals surface area contributed by atoms with Crippen LogP contribution < -0.4 is 0 Å². The Morgan fingerprint density at radius 3 is 2.78 bits per heavy atom. The summed E-state index contributed by atoms with van der Waals surface area (Å²) in [7, 11) is 0. The molecule has 18 heavy (non-hydrogen) atoms. The summed E-state index contributed by atoms with van der Waals surface area (Å²) < 4.78 is 2.22. The molecular formula is C15H19NO2. The van der Waals surface area contributed by atoms with Crippen LogP contribution in [0, 0.1) is 6.92 Å². The van der Waals surface area contributed by atoms with Crippen LogP contribution in [0.2, 0.25) is 0 Å². The predicted octanol–water partition coefficient (Wildman–Crippen LogP) is 3.38. The van der Waals surface area contributed by atoms with E-state index in [1.165, 1.54) is 22.2 Å². The quantitative estimate of drug-likeness (QED) is 0.877. The molecule has 1 aromatic heterocycles. The molecule has 0 fully saturated rings. The van der Waals surface area contributed by atoms with Gasteiger partial charge in [-0.05, 0) is 42.8 Å². The van der Waals surface area contributed by atoms with Crippen molar-refractivity contribution in [3.63, 3.8) is 0 Å². The number of carboxylic acids is 1. The van der Waals surface area contributed by atoms with Crippen LogP contribution in [0.5, 0.6) is 0 Å². The molecule has 0 bridgehead atoms. The van der Waals surface area contributed by atoms with Crippen LogP contribution in [0.15, 0.2) is 24.3 Å². The Morgan fingerprint density at radius 1 is 1.33 bits per heavy atom. The Labute approximate surface area is 107 Å². The highest BCUT2D eigenvalue weighted by Gasteiger charge is 2.06. The number of aromatic nitrogens is 1. The van der Waals surface area contributed by atoms with Gasteiger partial charge in [-0.15, -0.1) is 0 Å². The molecule has 0 unspecified atom stereocenters. The number of benzene rings is 1. The van der Waals surface area contributed by atoms with Gasteiger partial charge in [0.1, 0.15) is 0 Å². The summed E-state index contributed by atoms with van der Waals surface area (Å²) in [5, 5.41) is 9.93. The SMILES string of the molecule is CCc1ccc2cc(C)n(CCCC(=O)O)c2c1. The third-order valence-electron chi connectivity index (χ3n) is 3.36. The molecule has 2 aromatic rings. The molecule has 3 nitrogen and oxygen atoms in total. The van der Waals surface area contributed by atoms with E-state index in [4.69, 9.17) is 5.11 Å². The van der Waals surface area contributed by atoms with Gasteiger partial charge in [0.2, 0.25) is 0 Å². The van der Waals surface area contributed by atoms with Crippen LogP contribution in [0.4, 0.5) is 0 Å². The van der Waals surface area contributed by atoms with Crippen molar-refractivity contribution in [3.05, 3.63) is 35.5 Å². The van der Waals surface area contributed by atoms with E-state index in [0.29, 0.717) is 6.42 Å². The zero-order chi connectivity index (χ0) is 13.1. The van der Waals surface area contributed by atoms with Crippen molar-refractivity contribution >= 4 is 16.9 Å². The summed E-state index contributed by atoms with van der Waals surface area (Å²) in [5.74, 6) is -0.724. The molecule has 0 radical (unpaired) electrons. The van der Waals surface area contributed by atoms with E-state index in [9.17, 15) is 4.79 Å². The smallest absolute Gasteiger partial charge is 0.303 e. The van der Waals surface area contributed by atoms with E-state index in [1.807, 2.05) is 0 Å². The fourth-order valence-electron chi connectivity index (χ4n) is 2.34. The van der Waals surface area contributed by atoms with Gasteiger partial charge < -0.3 is 9.67 Å². The highest BCUT2D eigenvalue weighted by molar-refractivity contribution is 5.82. The third kappa shape index (κ3) is 2.55. The molecule has 1 heterocycles. The first-order chi connectivity index (χ1) is 8.61. The minimum Gasteiger partial charge on any atom is -0.481 e. The molecule has 0 saturated heterocycles. The Bertz CT molecular complexity index is 569. The van der Waals surface area contributed by atoms with Crippen molar-refractivity contribution in [2.45, 2.75) is 39.7 Å². The second-order valence-corrected chi connectivity index (χ2v) is 4.68. The number of rotatable bonds is 5. The van der Waals surface area contributed by atoms with E-state index < -0.39 is 5.97 Å². The third-order valence-corrected chi connectivity index (χ3v) is 3.36. The fourth-order valence-corrected chi connectivity index (χ4v) is 2.34. The largest absolute Gasteiger partial charge is 0.481 e. The van der Waals surface area contributed by atoms with Crippen molar-refractivity contribution in [1.29, 1.82) is 0 Å². The molecule has 0 aliphatic rings. The van der Waals surface area contributed by atoms with Crippen molar-refractivity contribution in [3.8, 4) is 0 Å². The van der Waals surface area contributed by atoms with Crippen LogP contribution in [-0.4, -0.2) is 15.6 Å². The zero-order valence-electron chi connectivity index (χ0n) is 10.9. The first-order valence-corrected chi connectivity index (χ1v) is 6.42. The van der Waals surface area contributed by atoms with Gasteiger partial charge in [0.25, 0.3) is 0 Å². The Hall–Kier alpha value is -1.77. The monoisotopic (exact) mass is 245 g/mol. The van der Waals surface area contributed by atoms with Crippen molar-refractivity contribution in [2.75, 3.05) is 0 Å². The van der Waals surface area contributed by atoms with E-state index in [0.717, 1.165) is 13.0 Å². The first kappa shape index (κ1) is 12.7. The second-order valence-electron chi connectivity index (χ2n) is 4.68. The molecule has 0 aliphatic carbocycles. The molecule has 0 saturated carbocycles. The van der Waals surface area contributed by atoms with Crippen LogP contribution in [0.3, 0.4) is 0 Å². The minimum absolute atomic E-state index is 0.229. The van der Waals surface area contributed by atoms with Crippen molar-refractivity contribution < 1.29 is 9.90 Å². The molecule has 0 amide bonds. The summed E-state index contributed by atoms with van der Waals surface area (Å²) in [4.78, 5) is 10.6. The van der Waals surface area contributed by atoms with Gasteiger partial charge in [-0.3, -0.25) is 4.79 Å². The summed E-state index contributed by atoms with van der Waals surface area (Å²) in [6, 6.07) is 8.68. The van der Waals surface area contributed by atoms with E-state index in [-0.39, 0.29) is 6.42 Å². The lowest BCUT2D eigenvalue weighted by Crippen LogP contribution is -2.03. The average Bonchev–Trinajstić information content (AvgIpc) is 2.64. The molecular weight excluding hydrogens is 226 g/mol. The molecule has 0 aliphatic heterocycles. The molecule has 1 N–H and O–H groups in total. The normalized spacial score (nSPS) is 11.0. The van der Waals surface area contributed by atoms with Crippen LogP contribution in [0.25, 0.3) is 10.9 Å². The summed E-state index contributed by atoms with van der Waals surface area (Å²) >= 11 is 0. The minimum atomic E-state index is -0.724. The summed E-state index contributed by atoms with van der Waals surface area (Å²) in [5.41, 5.74) is 3.74. The topological polar surface area (TPSA) is 42.2 Å². The summed E-state index contributed by atoms with van der Waals surface area (Å²) in [6.45, 7) is 4.99. The predicted molar refractivity (Wildman–Crippen MR) is 72.9 cm³/mol. The van der Waals surface area contributed by atoms with Crippen LogP contribution in [0.1, 0.15) is 31.0 Å². The van der Waals surface area contributed by atoms with E-state index >= 15 is 0 Å². The van der Waals surface area contributed by atoms with Crippen molar-refractivity contribution in [2.24, 2.45) is 0 Å². The number of aliphatic carboxylic acids is 1. The van der Waals surface area contributed by atoms with Gasteiger partial charge in [0.05, 0.1) is 0 Å². The maximum atomic E-state index is 10.6. The maximum Gasteiger partial charge on any atom is 0.303 e.